The molecule has 0 atom stereocenters. The first-order chi connectivity index (χ1) is 13.0. The van der Waals surface area contributed by atoms with Crippen LogP contribution in [0.15, 0.2) is 47.5 Å². The van der Waals surface area contributed by atoms with E-state index in [2.05, 4.69) is 20.9 Å². The maximum Gasteiger partial charge on any atom is 0.251 e. The van der Waals surface area contributed by atoms with Gasteiger partial charge in [0.15, 0.2) is 5.96 Å². The fourth-order valence-electron chi connectivity index (χ4n) is 2.45. The van der Waals surface area contributed by atoms with Crippen LogP contribution in [0.25, 0.3) is 0 Å². The number of benzene rings is 2. The Morgan fingerprint density at radius 1 is 1.11 bits per heavy atom. The molecule has 0 spiro atoms. The number of hydrogen-bond acceptors (Lipinski definition) is 3. The molecule has 0 radical (unpaired) electrons. The molecule has 8 heteroatoms. The molecule has 0 fully saturated rings. The maximum atomic E-state index is 13.3. The Labute approximate surface area is 182 Å². The summed E-state index contributed by atoms with van der Waals surface area (Å²) in [4.78, 5) is 16.3. The third-order valence-electron chi connectivity index (χ3n) is 3.94. The third-order valence-corrected chi connectivity index (χ3v) is 3.94. The molecule has 6 nitrogen and oxygen atoms in total. The summed E-state index contributed by atoms with van der Waals surface area (Å²) in [7, 11) is 3.23. The Morgan fingerprint density at radius 2 is 1.86 bits per heavy atom. The molecule has 0 saturated carbocycles. The third kappa shape index (κ3) is 7.34. The fourth-order valence-corrected chi connectivity index (χ4v) is 2.45. The predicted molar refractivity (Wildman–Crippen MR) is 120 cm³/mol. The zero-order valence-corrected chi connectivity index (χ0v) is 18.5. The number of guanidine groups is 1. The molecule has 0 aliphatic heterocycles. The second-order valence-corrected chi connectivity index (χ2v) is 5.92. The lowest BCUT2D eigenvalue weighted by atomic mass is 10.1. The first-order valence-corrected chi connectivity index (χ1v) is 8.65. The van der Waals surface area contributed by atoms with E-state index in [1.165, 1.54) is 6.07 Å². The number of aryl methyl sites for hydroxylation is 1. The van der Waals surface area contributed by atoms with Gasteiger partial charge in [-0.1, -0.05) is 18.2 Å². The number of nitrogens with zero attached hydrogens (tertiary/aromatic N) is 1. The smallest absolute Gasteiger partial charge is 0.251 e. The van der Waals surface area contributed by atoms with E-state index in [-0.39, 0.29) is 35.7 Å². The summed E-state index contributed by atoms with van der Waals surface area (Å²) >= 11 is 0. The zero-order chi connectivity index (χ0) is 19.6. The molecule has 0 saturated heterocycles. The SMILES string of the molecule is CN=C(NCCNC(=O)c1cccc(OC)c1)NCc1ccc(F)c(C)c1.I. The molecule has 0 heterocycles. The van der Waals surface area contributed by atoms with E-state index in [1.807, 2.05) is 0 Å². The summed E-state index contributed by atoms with van der Waals surface area (Å²) in [6.07, 6.45) is 0. The number of methoxy groups -OCH3 is 1. The minimum absolute atomic E-state index is 0. The Balaban J connectivity index is 0.00000392. The zero-order valence-electron chi connectivity index (χ0n) is 16.2. The largest absolute Gasteiger partial charge is 0.497 e. The highest BCUT2D eigenvalue weighted by Crippen LogP contribution is 2.12. The summed E-state index contributed by atoms with van der Waals surface area (Å²) in [5.74, 6) is 0.863. The van der Waals surface area contributed by atoms with Crippen LogP contribution >= 0.6 is 24.0 Å². The van der Waals surface area contributed by atoms with Crippen LogP contribution in [-0.4, -0.2) is 39.1 Å². The molecule has 2 aromatic carbocycles. The summed E-state index contributed by atoms with van der Waals surface area (Å²) < 4.78 is 18.4. The van der Waals surface area contributed by atoms with Gasteiger partial charge >= 0.3 is 0 Å². The predicted octanol–water partition coefficient (Wildman–Crippen LogP) is 2.86. The maximum absolute atomic E-state index is 13.3. The summed E-state index contributed by atoms with van der Waals surface area (Å²) in [6.45, 7) is 3.21. The average molecular weight is 500 g/mol. The van der Waals surface area contributed by atoms with E-state index >= 15 is 0 Å². The van der Waals surface area contributed by atoms with Crippen LogP contribution in [0.2, 0.25) is 0 Å². The highest BCUT2D eigenvalue weighted by atomic mass is 127. The molecule has 0 aliphatic carbocycles. The molecule has 0 unspecified atom stereocenters. The van der Waals surface area contributed by atoms with Crippen molar-refractivity contribution in [2.75, 3.05) is 27.2 Å². The van der Waals surface area contributed by atoms with Gasteiger partial charge in [0.1, 0.15) is 11.6 Å². The number of nitrogens with one attached hydrogen (secondary N) is 3. The fraction of sp³-hybridized carbons (Fsp3) is 0.300. The monoisotopic (exact) mass is 500 g/mol. The van der Waals surface area contributed by atoms with Crippen molar-refractivity contribution in [3.63, 3.8) is 0 Å². The number of hydrogen-bond donors (Lipinski definition) is 3. The molecular formula is C20H26FIN4O2. The highest BCUT2D eigenvalue weighted by molar-refractivity contribution is 14.0. The number of amides is 1. The Hall–Kier alpha value is -2.36. The second kappa shape index (κ2) is 12.2. The Kier molecular flexibility index (Phi) is 10.3. The second-order valence-electron chi connectivity index (χ2n) is 5.92. The van der Waals surface area contributed by atoms with Crippen molar-refractivity contribution >= 4 is 35.8 Å². The number of rotatable bonds is 7. The Morgan fingerprint density at radius 3 is 2.54 bits per heavy atom. The van der Waals surface area contributed by atoms with Gasteiger partial charge in [-0.15, -0.1) is 24.0 Å². The van der Waals surface area contributed by atoms with Gasteiger partial charge in [-0.2, -0.15) is 0 Å². The normalized spacial score (nSPS) is 10.6. The van der Waals surface area contributed by atoms with Crippen LogP contribution in [0, 0.1) is 12.7 Å². The lowest BCUT2D eigenvalue weighted by molar-refractivity contribution is 0.0954. The van der Waals surface area contributed by atoms with Crippen molar-refractivity contribution in [2.24, 2.45) is 4.99 Å². The molecule has 152 valence electrons. The number of carbonyl (C=O) groups is 1. The van der Waals surface area contributed by atoms with Crippen LogP contribution < -0.4 is 20.7 Å². The standard InChI is InChI=1S/C20H25FN4O2.HI/c1-14-11-15(7-8-18(14)21)13-25-20(22-2)24-10-9-23-19(26)16-5-4-6-17(12-16)27-3;/h4-8,11-12H,9-10,13H2,1-3H3,(H,23,26)(H2,22,24,25);1H. The van der Waals surface area contributed by atoms with E-state index in [1.54, 1.807) is 57.5 Å². The van der Waals surface area contributed by atoms with E-state index < -0.39 is 0 Å². The van der Waals surface area contributed by atoms with Gasteiger partial charge < -0.3 is 20.7 Å². The van der Waals surface area contributed by atoms with Crippen molar-refractivity contribution in [1.82, 2.24) is 16.0 Å². The Bertz CT molecular complexity index is 815. The van der Waals surface area contributed by atoms with Crippen LogP contribution in [0.5, 0.6) is 5.75 Å². The van der Waals surface area contributed by atoms with E-state index in [9.17, 15) is 9.18 Å². The van der Waals surface area contributed by atoms with Crippen LogP contribution in [0.3, 0.4) is 0 Å². The first kappa shape index (κ1) is 23.7. The van der Waals surface area contributed by atoms with E-state index in [0.29, 0.717) is 42.5 Å². The minimum Gasteiger partial charge on any atom is -0.497 e. The molecule has 1 amide bonds. The van der Waals surface area contributed by atoms with Gasteiger partial charge in [-0.25, -0.2) is 4.39 Å². The molecule has 0 aromatic heterocycles. The number of aliphatic imine (C=N–C) groups is 1. The van der Waals surface area contributed by atoms with Gasteiger partial charge in [0, 0.05) is 32.2 Å². The van der Waals surface area contributed by atoms with Gasteiger partial charge in [0.2, 0.25) is 0 Å². The topological polar surface area (TPSA) is 74.8 Å². The molecule has 0 bridgehead atoms. The molecular weight excluding hydrogens is 474 g/mol. The van der Waals surface area contributed by atoms with Crippen LogP contribution in [0.4, 0.5) is 4.39 Å². The molecule has 3 N–H and O–H groups in total. The van der Waals surface area contributed by atoms with Gasteiger partial charge in [-0.3, -0.25) is 9.79 Å². The number of carbonyl (C=O) groups excluding carboxylic acids is 1. The van der Waals surface area contributed by atoms with Crippen LogP contribution in [0.1, 0.15) is 21.5 Å². The molecule has 0 aliphatic rings. The highest BCUT2D eigenvalue weighted by Gasteiger charge is 2.06. The molecule has 2 aromatic rings. The molecule has 28 heavy (non-hydrogen) atoms. The van der Waals surface area contributed by atoms with Crippen molar-refractivity contribution in [3.05, 3.63) is 65.0 Å². The van der Waals surface area contributed by atoms with Crippen molar-refractivity contribution in [1.29, 1.82) is 0 Å². The van der Waals surface area contributed by atoms with Crippen molar-refractivity contribution in [2.45, 2.75) is 13.5 Å². The van der Waals surface area contributed by atoms with Crippen molar-refractivity contribution in [3.8, 4) is 5.75 Å². The number of halogens is 2. The summed E-state index contributed by atoms with van der Waals surface area (Å²) in [6, 6.07) is 12.0. The lowest BCUT2D eigenvalue weighted by Crippen LogP contribution is -2.41. The summed E-state index contributed by atoms with van der Waals surface area (Å²) in [5, 5.41) is 9.11. The van der Waals surface area contributed by atoms with Gasteiger partial charge in [-0.05, 0) is 42.3 Å². The van der Waals surface area contributed by atoms with E-state index in [0.717, 1.165) is 5.56 Å². The first-order valence-electron chi connectivity index (χ1n) is 8.65. The quantitative estimate of drug-likeness (QED) is 0.237. The average Bonchev–Trinajstić information content (AvgIpc) is 2.69. The van der Waals surface area contributed by atoms with E-state index in [4.69, 9.17) is 4.74 Å². The van der Waals surface area contributed by atoms with Crippen LogP contribution in [-0.2, 0) is 6.54 Å². The van der Waals surface area contributed by atoms with Crippen molar-refractivity contribution < 1.29 is 13.9 Å². The molecule has 2 rings (SSSR count). The van der Waals surface area contributed by atoms with Gasteiger partial charge in [0.25, 0.3) is 5.91 Å². The minimum atomic E-state index is -0.215. The summed E-state index contributed by atoms with van der Waals surface area (Å²) in [5.41, 5.74) is 2.12. The lowest BCUT2D eigenvalue weighted by Gasteiger charge is -2.13. The van der Waals surface area contributed by atoms with Gasteiger partial charge in [0.05, 0.1) is 7.11 Å². The number of ether oxygens (including phenoxy) is 1.